The molecule has 0 saturated heterocycles. The maximum atomic E-state index is 6.16. The lowest BCUT2D eigenvalue weighted by Crippen LogP contribution is -1.99. The number of anilines is 2. The first kappa shape index (κ1) is 21.9. The molecule has 33 heavy (non-hydrogen) atoms. The van der Waals surface area contributed by atoms with Gasteiger partial charge in [0.15, 0.2) is 17.2 Å². The van der Waals surface area contributed by atoms with Gasteiger partial charge in [0.1, 0.15) is 17.3 Å². The van der Waals surface area contributed by atoms with Crippen LogP contribution in [0, 0.1) is 6.92 Å². The molecule has 168 valence electrons. The van der Waals surface area contributed by atoms with Crippen LogP contribution in [-0.4, -0.2) is 36.3 Å². The predicted molar refractivity (Wildman–Crippen MR) is 126 cm³/mol. The lowest BCUT2D eigenvalue weighted by Gasteiger charge is -2.15. The number of nitrogens with one attached hydrogen (secondary N) is 1. The summed E-state index contributed by atoms with van der Waals surface area (Å²) < 4.78 is 22.4. The van der Waals surface area contributed by atoms with Gasteiger partial charge in [0.25, 0.3) is 0 Å². The van der Waals surface area contributed by atoms with E-state index in [1.807, 2.05) is 37.3 Å². The Morgan fingerprint density at radius 1 is 0.758 bits per heavy atom. The van der Waals surface area contributed by atoms with Crippen LogP contribution in [0.15, 0.2) is 67.0 Å². The number of pyridine rings is 3. The number of aromatic nitrogens is 3. The van der Waals surface area contributed by atoms with Crippen molar-refractivity contribution in [3.8, 4) is 40.1 Å². The van der Waals surface area contributed by atoms with E-state index in [4.69, 9.17) is 18.9 Å². The van der Waals surface area contributed by atoms with Crippen LogP contribution in [0.1, 0.15) is 5.69 Å². The van der Waals surface area contributed by atoms with Crippen LogP contribution in [-0.2, 0) is 0 Å². The molecule has 8 heteroatoms. The molecule has 0 unspecified atom stereocenters. The summed E-state index contributed by atoms with van der Waals surface area (Å²) in [5.74, 6) is 3.38. The van der Waals surface area contributed by atoms with E-state index in [-0.39, 0.29) is 0 Å². The Morgan fingerprint density at radius 3 is 2.24 bits per heavy atom. The molecule has 0 bridgehead atoms. The molecule has 0 spiro atoms. The number of hydrogen-bond donors (Lipinski definition) is 1. The van der Waals surface area contributed by atoms with Gasteiger partial charge in [-0.25, -0.2) is 4.98 Å². The molecule has 0 aliphatic carbocycles. The van der Waals surface area contributed by atoms with Crippen molar-refractivity contribution in [2.75, 3.05) is 26.6 Å². The van der Waals surface area contributed by atoms with E-state index in [9.17, 15) is 0 Å². The van der Waals surface area contributed by atoms with E-state index in [0.29, 0.717) is 40.3 Å². The number of methoxy groups -OCH3 is 3. The molecule has 0 aliphatic heterocycles. The highest BCUT2D eigenvalue weighted by Gasteiger charge is 2.14. The molecule has 0 amide bonds. The second-order valence-corrected chi connectivity index (χ2v) is 7.03. The van der Waals surface area contributed by atoms with Crippen LogP contribution in [0.3, 0.4) is 0 Å². The summed E-state index contributed by atoms with van der Waals surface area (Å²) in [6.07, 6.45) is 3.38. The monoisotopic (exact) mass is 444 g/mol. The Kier molecular flexibility index (Phi) is 6.54. The lowest BCUT2D eigenvalue weighted by atomic mass is 10.2. The van der Waals surface area contributed by atoms with Crippen molar-refractivity contribution in [1.29, 1.82) is 0 Å². The fourth-order valence-electron chi connectivity index (χ4n) is 3.31. The van der Waals surface area contributed by atoms with Crippen molar-refractivity contribution in [3.05, 3.63) is 72.7 Å². The quantitative estimate of drug-likeness (QED) is 0.386. The highest BCUT2D eigenvalue weighted by molar-refractivity contribution is 5.67. The zero-order valence-electron chi connectivity index (χ0n) is 18.8. The summed E-state index contributed by atoms with van der Waals surface area (Å²) >= 11 is 0. The molecule has 0 atom stereocenters. The average Bonchev–Trinajstić information content (AvgIpc) is 2.84. The second-order valence-electron chi connectivity index (χ2n) is 7.03. The predicted octanol–water partition coefficient (Wildman–Crippen LogP) is 5.41. The number of nitrogens with zero attached hydrogens (tertiary/aromatic N) is 3. The number of hydrogen-bond acceptors (Lipinski definition) is 8. The smallest absolute Gasteiger partial charge is 0.203 e. The molecule has 1 N–H and O–H groups in total. The van der Waals surface area contributed by atoms with Gasteiger partial charge in [0.2, 0.25) is 5.75 Å². The Labute approximate surface area is 192 Å². The molecule has 4 aromatic rings. The fourth-order valence-corrected chi connectivity index (χ4v) is 3.31. The zero-order valence-corrected chi connectivity index (χ0v) is 18.8. The minimum Gasteiger partial charge on any atom is -0.493 e. The van der Waals surface area contributed by atoms with Gasteiger partial charge in [-0.2, -0.15) is 0 Å². The largest absolute Gasteiger partial charge is 0.493 e. The van der Waals surface area contributed by atoms with Crippen molar-refractivity contribution in [2.24, 2.45) is 0 Å². The summed E-state index contributed by atoms with van der Waals surface area (Å²) in [5.41, 5.74) is 3.04. The number of aryl methyl sites for hydroxylation is 1. The molecule has 8 nitrogen and oxygen atoms in total. The van der Waals surface area contributed by atoms with Gasteiger partial charge in [-0.05, 0) is 37.3 Å². The molecule has 0 aliphatic rings. The van der Waals surface area contributed by atoms with Crippen molar-refractivity contribution in [3.63, 3.8) is 0 Å². The van der Waals surface area contributed by atoms with Crippen molar-refractivity contribution >= 4 is 11.5 Å². The summed E-state index contributed by atoms with van der Waals surface area (Å²) in [7, 11) is 4.71. The summed E-state index contributed by atoms with van der Waals surface area (Å²) in [6, 6.07) is 16.7. The van der Waals surface area contributed by atoms with Gasteiger partial charge in [-0.1, -0.05) is 6.07 Å². The highest BCUT2D eigenvalue weighted by Crippen LogP contribution is 2.40. The third-order valence-electron chi connectivity index (χ3n) is 4.80. The van der Waals surface area contributed by atoms with Gasteiger partial charge in [0, 0.05) is 42.0 Å². The summed E-state index contributed by atoms with van der Waals surface area (Å²) in [5, 5.41) is 3.25. The Morgan fingerprint density at radius 2 is 1.55 bits per heavy atom. The van der Waals surface area contributed by atoms with Crippen molar-refractivity contribution < 1.29 is 18.9 Å². The van der Waals surface area contributed by atoms with Gasteiger partial charge in [-0.15, -0.1) is 0 Å². The fraction of sp³-hybridized carbons (Fsp3) is 0.160. The van der Waals surface area contributed by atoms with Gasteiger partial charge in [0.05, 0.1) is 27.0 Å². The summed E-state index contributed by atoms with van der Waals surface area (Å²) in [4.78, 5) is 13.4. The molecule has 0 saturated carbocycles. The van der Waals surface area contributed by atoms with Crippen LogP contribution in [0.5, 0.6) is 28.7 Å². The first-order valence-corrected chi connectivity index (χ1v) is 10.2. The Bertz CT molecular complexity index is 1240. The highest BCUT2D eigenvalue weighted by atomic mass is 16.5. The van der Waals surface area contributed by atoms with Crippen LogP contribution in [0.2, 0.25) is 0 Å². The number of rotatable bonds is 8. The SMILES string of the molecule is COc1cc(Nc2cc(Oc3cccnc3-c3cccc(C)n3)ccn2)cc(OC)c1OC. The first-order chi connectivity index (χ1) is 16.1. The van der Waals surface area contributed by atoms with Crippen LogP contribution >= 0.6 is 0 Å². The van der Waals surface area contributed by atoms with Gasteiger partial charge in [-0.3, -0.25) is 9.97 Å². The molecule has 3 aromatic heterocycles. The van der Waals surface area contributed by atoms with Crippen LogP contribution < -0.4 is 24.3 Å². The zero-order chi connectivity index (χ0) is 23.2. The molecule has 4 rings (SSSR count). The van der Waals surface area contributed by atoms with E-state index in [0.717, 1.165) is 17.1 Å². The van der Waals surface area contributed by atoms with E-state index in [2.05, 4.69) is 20.3 Å². The first-order valence-electron chi connectivity index (χ1n) is 10.2. The van der Waals surface area contributed by atoms with E-state index >= 15 is 0 Å². The van der Waals surface area contributed by atoms with E-state index in [1.165, 1.54) is 0 Å². The third kappa shape index (κ3) is 4.95. The Hall–Kier alpha value is -4.33. The normalized spacial score (nSPS) is 10.4. The molecular weight excluding hydrogens is 420 g/mol. The topological polar surface area (TPSA) is 87.6 Å². The standard InChI is InChI=1S/C25H24N4O4/c1-16-7-5-8-19(28-16)24-20(9-6-11-27-24)33-18-10-12-26-23(15-18)29-17-13-21(30-2)25(32-4)22(14-17)31-3/h5-15H,1-4H3,(H,26,29). The molecule has 0 radical (unpaired) electrons. The minimum atomic E-state index is 0.518. The second kappa shape index (κ2) is 9.86. The molecule has 3 heterocycles. The van der Waals surface area contributed by atoms with Crippen molar-refractivity contribution in [2.45, 2.75) is 6.92 Å². The average molecular weight is 444 g/mol. The number of benzene rings is 1. The summed E-state index contributed by atoms with van der Waals surface area (Å²) in [6.45, 7) is 1.94. The minimum absolute atomic E-state index is 0.518. The third-order valence-corrected chi connectivity index (χ3v) is 4.80. The molecular formula is C25H24N4O4. The van der Waals surface area contributed by atoms with E-state index in [1.54, 1.807) is 58.0 Å². The van der Waals surface area contributed by atoms with Gasteiger partial charge < -0.3 is 24.3 Å². The lowest BCUT2D eigenvalue weighted by molar-refractivity contribution is 0.324. The molecule has 1 aromatic carbocycles. The van der Waals surface area contributed by atoms with Crippen LogP contribution in [0.4, 0.5) is 11.5 Å². The van der Waals surface area contributed by atoms with Crippen molar-refractivity contribution in [1.82, 2.24) is 15.0 Å². The Balaban J connectivity index is 1.61. The maximum Gasteiger partial charge on any atom is 0.203 e. The van der Waals surface area contributed by atoms with E-state index < -0.39 is 0 Å². The van der Waals surface area contributed by atoms with Gasteiger partial charge >= 0.3 is 0 Å². The van der Waals surface area contributed by atoms with Crippen LogP contribution in [0.25, 0.3) is 11.4 Å². The molecule has 0 fully saturated rings. The maximum absolute atomic E-state index is 6.16. The number of ether oxygens (including phenoxy) is 4.